The molecule has 1 aromatic heterocycles. The van der Waals surface area contributed by atoms with Crippen LogP contribution in [0.25, 0.3) is 0 Å². The van der Waals surface area contributed by atoms with Gasteiger partial charge >= 0.3 is 6.01 Å². The smallest absolute Gasteiger partial charge is 0.322 e. The van der Waals surface area contributed by atoms with E-state index in [0.717, 1.165) is 22.0 Å². The average Bonchev–Trinajstić information content (AvgIpc) is 3.15. The fourth-order valence-corrected chi connectivity index (χ4v) is 3.45. The molecule has 4 rings (SSSR count). The first-order valence-electron chi connectivity index (χ1n) is 8.96. The topological polar surface area (TPSA) is 86.5 Å². The highest BCUT2D eigenvalue weighted by Gasteiger charge is 2.15. The summed E-state index contributed by atoms with van der Waals surface area (Å²) in [7, 11) is 0. The summed E-state index contributed by atoms with van der Waals surface area (Å²) in [5.41, 5.74) is 1.49. The van der Waals surface area contributed by atoms with Crippen LogP contribution in [-0.4, -0.2) is 35.1 Å². The van der Waals surface area contributed by atoms with Gasteiger partial charge in [-0.25, -0.2) is 0 Å². The molecule has 3 aromatic rings. The highest BCUT2D eigenvalue weighted by atomic mass is 32.2. The number of fused-ring (bicyclic) bond motifs is 1. The van der Waals surface area contributed by atoms with Gasteiger partial charge in [-0.3, -0.25) is 10.1 Å². The van der Waals surface area contributed by atoms with Crippen LogP contribution in [0.4, 0.5) is 6.01 Å². The quantitative estimate of drug-likeness (QED) is 0.633. The molecule has 7 nitrogen and oxygen atoms in total. The lowest BCUT2D eigenvalue weighted by atomic mass is 10.1. The first-order chi connectivity index (χ1) is 13.7. The first kappa shape index (κ1) is 18.4. The molecule has 0 saturated carbocycles. The molecule has 0 fully saturated rings. The molecule has 0 radical (unpaired) electrons. The van der Waals surface area contributed by atoms with Crippen molar-refractivity contribution >= 4 is 23.7 Å². The van der Waals surface area contributed by atoms with Gasteiger partial charge in [-0.15, -0.1) is 16.9 Å². The largest absolute Gasteiger partial charge is 0.486 e. The second-order valence-electron chi connectivity index (χ2n) is 6.07. The lowest BCUT2D eigenvalue weighted by Crippen LogP contribution is -2.15. The summed E-state index contributed by atoms with van der Waals surface area (Å²) >= 11 is 1.72. The Labute approximate surface area is 166 Å². The van der Waals surface area contributed by atoms with E-state index >= 15 is 0 Å². The molecule has 2 aromatic carbocycles. The number of benzene rings is 2. The van der Waals surface area contributed by atoms with Gasteiger partial charge in [-0.1, -0.05) is 18.1 Å². The Bertz CT molecular complexity index is 972. The maximum absolute atomic E-state index is 12.3. The second-order valence-corrected chi connectivity index (χ2v) is 7.40. The molecule has 0 saturated heterocycles. The number of amides is 1. The van der Waals surface area contributed by atoms with Crippen molar-refractivity contribution in [1.82, 2.24) is 10.2 Å². The van der Waals surface area contributed by atoms with Crippen molar-refractivity contribution in [2.24, 2.45) is 0 Å². The van der Waals surface area contributed by atoms with E-state index in [4.69, 9.17) is 13.9 Å². The van der Waals surface area contributed by atoms with Gasteiger partial charge in [-0.2, -0.15) is 0 Å². The summed E-state index contributed by atoms with van der Waals surface area (Å²) in [6, 6.07) is 13.2. The molecule has 8 heteroatoms. The van der Waals surface area contributed by atoms with E-state index in [-0.39, 0.29) is 11.9 Å². The Morgan fingerprint density at radius 2 is 1.86 bits per heavy atom. The van der Waals surface area contributed by atoms with Crippen LogP contribution >= 0.6 is 11.8 Å². The summed E-state index contributed by atoms with van der Waals surface area (Å²) in [4.78, 5) is 13.5. The molecule has 0 atom stereocenters. The van der Waals surface area contributed by atoms with Gasteiger partial charge in [-0.05, 0) is 47.7 Å². The van der Waals surface area contributed by atoms with Crippen LogP contribution in [0.3, 0.4) is 0 Å². The second kappa shape index (κ2) is 8.35. The molecular formula is C20H19N3O4S. The van der Waals surface area contributed by atoms with Crippen molar-refractivity contribution in [3.63, 3.8) is 0 Å². The Balaban J connectivity index is 1.39. The lowest BCUT2D eigenvalue weighted by Gasteiger charge is -2.18. The molecule has 2 heterocycles. The number of carbonyl (C=O) groups is 1. The van der Waals surface area contributed by atoms with Gasteiger partial charge in [0.2, 0.25) is 5.89 Å². The van der Waals surface area contributed by atoms with E-state index in [2.05, 4.69) is 22.4 Å². The van der Waals surface area contributed by atoms with Crippen molar-refractivity contribution in [3.05, 3.63) is 59.5 Å². The molecule has 28 heavy (non-hydrogen) atoms. The van der Waals surface area contributed by atoms with Crippen LogP contribution in [0.15, 0.2) is 51.8 Å². The minimum Gasteiger partial charge on any atom is -0.486 e. The van der Waals surface area contributed by atoms with E-state index in [1.54, 1.807) is 23.9 Å². The molecule has 144 valence electrons. The minimum absolute atomic E-state index is 0.0737. The van der Waals surface area contributed by atoms with E-state index in [9.17, 15) is 4.79 Å². The van der Waals surface area contributed by atoms with Crippen molar-refractivity contribution in [2.45, 2.75) is 18.2 Å². The molecule has 1 N–H and O–H groups in total. The van der Waals surface area contributed by atoms with Gasteiger partial charge in [0.15, 0.2) is 11.5 Å². The first-order valence-corrected chi connectivity index (χ1v) is 9.95. The zero-order valence-electron chi connectivity index (χ0n) is 15.3. The SMILES string of the molecule is CCSc1ccc(C(=O)Nc2nnc(Cc3ccc4c(c3)OCCO4)o2)cc1. The fourth-order valence-electron chi connectivity index (χ4n) is 2.79. The standard InChI is InChI=1S/C20H19N3O4S/c1-2-28-15-6-4-14(5-7-15)19(24)21-20-23-22-18(27-20)12-13-3-8-16-17(11-13)26-10-9-25-16/h3-8,11H,2,9-10,12H2,1H3,(H,21,23,24). The number of hydrogen-bond acceptors (Lipinski definition) is 7. The summed E-state index contributed by atoms with van der Waals surface area (Å²) in [6.45, 7) is 3.17. The molecular weight excluding hydrogens is 378 g/mol. The number of rotatable bonds is 6. The third-order valence-electron chi connectivity index (χ3n) is 4.08. The van der Waals surface area contributed by atoms with Crippen LogP contribution < -0.4 is 14.8 Å². The van der Waals surface area contributed by atoms with Crippen LogP contribution in [0.5, 0.6) is 11.5 Å². The number of carbonyl (C=O) groups excluding carboxylic acids is 1. The lowest BCUT2D eigenvalue weighted by molar-refractivity contribution is 0.102. The third-order valence-corrected chi connectivity index (χ3v) is 4.97. The predicted octanol–water partition coefficient (Wildman–Crippen LogP) is 3.80. The Morgan fingerprint density at radius 1 is 1.07 bits per heavy atom. The molecule has 1 aliphatic heterocycles. The molecule has 0 aliphatic carbocycles. The minimum atomic E-state index is -0.289. The van der Waals surface area contributed by atoms with Gasteiger partial charge in [0.05, 0.1) is 6.42 Å². The monoisotopic (exact) mass is 397 g/mol. The van der Waals surface area contributed by atoms with E-state index < -0.39 is 0 Å². The number of nitrogens with zero attached hydrogens (tertiary/aromatic N) is 2. The number of thioether (sulfide) groups is 1. The normalized spacial score (nSPS) is 12.6. The third kappa shape index (κ3) is 4.28. The number of anilines is 1. The highest BCUT2D eigenvalue weighted by Crippen LogP contribution is 2.31. The average molecular weight is 397 g/mol. The van der Waals surface area contributed by atoms with Crippen molar-refractivity contribution in [3.8, 4) is 11.5 Å². The number of nitrogens with one attached hydrogen (secondary N) is 1. The zero-order valence-corrected chi connectivity index (χ0v) is 16.1. The van der Waals surface area contributed by atoms with E-state index in [1.165, 1.54) is 0 Å². The maximum atomic E-state index is 12.3. The highest BCUT2D eigenvalue weighted by molar-refractivity contribution is 7.99. The van der Waals surface area contributed by atoms with Crippen LogP contribution in [-0.2, 0) is 6.42 Å². The summed E-state index contributed by atoms with van der Waals surface area (Å²) in [5.74, 6) is 2.54. The van der Waals surface area contributed by atoms with E-state index in [1.807, 2.05) is 30.3 Å². The van der Waals surface area contributed by atoms with Crippen molar-refractivity contribution in [1.29, 1.82) is 0 Å². The number of aromatic nitrogens is 2. The summed E-state index contributed by atoms with van der Waals surface area (Å²) < 4.78 is 16.7. The summed E-state index contributed by atoms with van der Waals surface area (Å²) in [5, 5.41) is 10.5. The molecule has 0 spiro atoms. The number of hydrogen-bond donors (Lipinski definition) is 1. The maximum Gasteiger partial charge on any atom is 0.322 e. The fraction of sp³-hybridized carbons (Fsp3) is 0.250. The Morgan fingerprint density at radius 3 is 2.64 bits per heavy atom. The van der Waals surface area contributed by atoms with Crippen LogP contribution in [0.2, 0.25) is 0 Å². The predicted molar refractivity (Wildman–Crippen MR) is 105 cm³/mol. The Hall–Kier alpha value is -3.00. The van der Waals surface area contributed by atoms with Gasteiger partial charge in [0.25, 0.3) is 5.91 Å². The van der Waals surface area contributed by atoms with Crippen LogP contribution in [0.1, 0.15) is 28.7 Å². The Kier molecular flexibility index (Phi) is 5.48. The van der Waals surface area contributed by atoms with Gasteiger partial charge in [0.1, 0.15) is 13.2 Å². The van der Waals surface area contributed by atoms with Crippen molar-refractivity contribution < 1.29 is 18.7 Å². The molecule has 0 bridgehead atoms. The molecule has 0 unspecified atom stereocenters. The summed E-state index contributed by atoms with van der Waals surface area (Å²) in [6.07, 6.45) is 0.433. The van der Waals surface area contributed by atoms with E-state index in [0.29, 0.717) is 36.8 Å². The molecule has 1 amide bonds. The van der Waals surface area contributed by atoms with Gasteiger partial charge in [0, 0.05) is 10.5 Å². The van der Waals surface area contributed by atoms with Crippen molar-refractivity contribution in [2.75, 3.05) is 24.3 Å². The van der Waals surface area contributed by atoms with Crippen LogP contribution in [0, 0.1) is 0 Å². The zero-order chi connectivity index (χ0) is 19.3. The van der Waals surface area contributed by atoms with Gasteiger partial charge < -0.3 is 13.9 Å². The number of ether oxygens (including phenoxy) is 2. The molecule has 1 aliphatic rings.